The SMILES string of the molecule is COC(=O)/C=C(/S/C(=N\NS(=O)(=O)c1ccc(C)cc1)NC(=O)c1ccccc1)C(=O)OC. The van der Waals surface area contributed by atoms with E-state index in [1.165, 1.54) is 24.3 Å². The van der Waals surface area contributed by atoms with E-state index in [-0.39, 0.29) is 20.5 Å². The summed E-state index contributed by atoms with van der Waals surface area (Å²) in [4.78, 5) is 37.9. The van der Waals surface area contributed by atoms with E-state index in [0.29, 0.717) is 11.8 Å². The van der Waals surface area contributed by atoms with Gasteiger partial charge in [0.1, 0.15) is 4.91 Å². The number of ether oxygens (including phenoxy) is 2. The van der Waals surface area contributed by atoms with Crippen molar-refractivity contribution in [1.29, 1.82) is 0 Å². The molecule has 0 spiro atoms. The van der Waals surface area contributed by atoms with Crippen LogP contribution in [-0.2, 0) is 29.1 Å². The van der Waals surface area contributed by atoms with E-state index in [2.05, 4.69) is 19.9 Å². The second kappa shape index (κ2) is 11.8. The molecular formula is C21H21N3O7S2. The van der Waals surface area contributed by atoms with Crippen LogP contribution < -0.4 is 10.1 Å². The van der Waals surface area contributed by atoms with Crippen molar-refractivity contribution in [2.75, 3.05) is 14.2 Å². The minimum Gasteiger partial charge on any atom is -0.466 e. The highest BCUT2D eigenvalue weighted by atomic mass is 32.2. The Morgan fingerprint density at radius 3 is 2.18 bits per heavy atom. The smallest absolute Gasteiger partial charge is 0.345 e. The van der Waals surface area contributed by atoms with Crippen LogP contribution in [0.2, 0.25) is 0 Å². The number of esters is 2. The van der Waals surface area contributed by atoms with Crippen LogP contribution in [0.5, 0.6) is 0 Å². The molecule has 2 aromatic carbocycles. The summed E-state index contributed by atoms with van der Waals surface area (Å²) < 4.78 is 34.3. The number of hydrazone groups is 1. The molecule has 0 atom stereocenters. The number of amidine groups is 1. The topological polar surface area (TPSA) is 140 Å². The van der Waals surface area contributed by atoms with Crippen molar-refractivity contribution in [2.24, 2.45) is 5.10 Å². The van der Waals surface area contributed by atoms with Gasteiger partial charge in [0.25, 0.3) is 15.9 Å². The van der Waals surface area contributed by atoms with Gasteiger partial charge < -0.3 is 9.47 Å². The molecule has 1 amide bonds. The standard InChI is InChI=1S/C21H21N3O7S2/c1-14-9-11-16(12-10-14)33(28,29)24-23-21(22-19(26)15-7-5-4-6-8-15)32-17(20(27)31-3)13-18(25)30-2/h4-13,24H,1-3H3,(H,22,23,26)/b17-13+. The molecule has 10 nitrogen and oxygen atoms in total. The Hall–Kier alpha value is -3.64. The first-order valence-electron chi connectivity index (χ1n) is 9.24. The lowest BCUT2D eigenvalue weighted by atomic mass is 10.2. The number of amides is 1. The third-order valence-electron chi connectivity index (χ3n) is 3.90. The number of sulfonamides is 1. The molecule has 174 valence electrons. The molecule has 2 aromatic rings. The van der Waals surface area contributed by atoms with Crippen LogP contribution in [0.15, 0.2) is 75.6 Å². The first-order valence-corrected chi connectivity index (χ1v) is 11.5. The van der Waals surface area contributed by atoms with Gasteiger partial charge in [-0.2, -0.15) is 13.2 Å². The summed E-state index contributed by atoms with van der Waals surface area (Å²) in [5, 5.41) is 5.84. The van der Waals surface area contributed by atoms with Crippen molar-refractivity contribution in [3.05, 3.63) is 76.7 Å². The van der Waals surface area contributed by atoms with Crippen LogP contribution in [0.3, 0.4) is 0 Å². The predicted molar refractivity (Wildman–Crippen MR) is 123 cm³/mol. The fourth-order valence-electron chi connectivity index (χ4n) is 2.21. The van der Waals surface area contributed by atoms with Crippen molar-refractivity contribution < 1.29 is 32.3 Å². The van der Waals surface area contributed by atoms with Gasteiger partial charge >= 0.3 is 11.9 Å². The molecule has 0 saturated heterocycles. The van der Waals surface area contributed by atoms with Gasteiger partial charge in [-0.3, -0.25) is 10.1 Å². The Morgan fingerprint density at radius 1 is 0.970 bits per heavy atom. The van der Waals surface area contributed by atoms with E-state index in [1.54, 1.807) is 37.3 Å². The Bertz CT molecular complexity index is 1180. The minimum absolute atomic E-state index is 0.0612. The highest BCUT2D eigenvalue weighted by molar-refractivity contribution is 8.17. The van der Waals surface area contributed by atoms with Crippen molar-refractivity contribution in [1.82, 2.24) is 10.1 Å². The number of carbonyl (C=O) groups is 3. The molecule has 12 heteroatoms. The number of nitrogens with one attached hydrogen (secondary N) is 2. The maximum absolute atomic E-state index is 12.6. The summed E-state index contributed by atoms with van der Waals surface area (Å²) in [5.74, 6) is -2.41. The maximum atomic E-state index is 12.6. The average molecular weight is 492 g/mol. The van der Waals surface area contributed by atoms with Gasteiger partial charge in [-0.05, 0) is 43.0 Å². The monoisotopic (exact) mass is 491 g/mol. The van der Waals surface area contributed by atoms with Crippen molar-refractivity contribution in [2.45, 2.75) is 11.8 Å². The summed E-state index contributed by atoms with van der Waals surface area (Å²) in [6.45, 7) is 1.80. The number of aryl methyl sites for hydroxylation is 1. The minimum atomic E-state index is -4.09. The van der Waals surface area contributed by atoms with Crippen molar-refractivity contribution >= 4 is 44.8 Å². The zero-order valence-electron chi connectivity index (χ0n) is 17.9. The predicted octanol–water partition coefficient (Wildman–Crippen LogP) is 1.94. The van der Waals surface area contributed by atoms with Gasteiger partial charge in [0.05, 0.1) is 19.1 Å². The van der Waals surface area contributed by atoms with Crippen LogP contribution in [0.1, 0.15) is 15.9 Å². The molecule has 0 unspecified atom stereocenters. The van der Waals surface area contributed by atoms with Crippen LogP contribution in [0.25, 0.3) is 0 Å². The van der Waals surface area contributed by atoms with Gasteiger partial charge in [-0.1, -0.05) is 35.9 Å². The second-order valence-corrected chi connectivity index (χ2v) is 8.96. The molecule has 33 heavy (non-hydrogen) atoms. The summed E-state index contributed by atoms with van der Waals surface area (Å²) >= 11 is 0.504. The van der Waals surface area contributed by atoms with Crippen molar-refractivity contribution in [3.8, 4) is 0 Å². The summed E-state index contributed by atoms with van der Waals surface area (Å²) in [6, 6.07) is 14.0. The van der Waals surface area contributed by atoms with Gasteiger partial charge in [0.2, 0.25) is 0 Å². The largest absolute Gasteiger partial charge is 0.466 e. The number of rotatable bonds is 7. The van der Waals surface area contributed by atoms with Crippen molar-refractivity contribution in [3.63, 3.8) is 0 Å². The highest BCUT2D eigenvalue weighted by Gasteiger charge is 2.20. The number of nitrogens with zero attached hydrogens (tertiary/aromatic N) is 1. The highest BCUT2D eigenvalue weighted by Crippen LogP contribution is 2.19. The number of hydrogen-bond acceptors (Lipinski definition) is 9. The molecule has 0 aliphatic heterocycles. The zero-order valence-corrected chi connectivity index (χ0v) is 19.5. The maximum Gasteiger partial charge on any atom is 0.345 e. The van der Waals surface area contributed by atoms with E-state index < -0.39 is 27.9 Å². The quantitative estimate of drug-likeness (QED) is 0.197. The lowest BCUT2D eigenvalue weighted by Gasteiger charge is -2.11. The third kappa shape index (κ3) is 7.77. The third-order valence-corrected chi connectivity index (χ3v) is 6.01. The normalized spacial score (nSPS) is 12.0. The fourth-order valence-corrected chi connectivity index (χ4v) is 3.84. The van der Waals surface area contributed by atoms with E-state index in [1.807, 2.05) is 4.83 Å². The summed E-state index contributed by atoms with van der Waals surface area (Å²) in [5.41, 5.74) is 1.11. The van der Waals surface area contributed by atoms with E-state index >= 15 is 0 Å². The van der Waals surface area contributed by atoms with Crippen LogP contribution in [0.4, 0.5) is 0 Å². The first-order chi connectivity index (χ1) is 15.7. The number of carbonyl (C=O) groups excluding carboxylic acids is 3. The Balaban J connectivity index is 2.39. The van der Waals surface area contributed by atoms with Gasteiger partial charge in [0.15, 0.2) is 5.17 Å². The van der Waals surface area contributed by atoms with Crippen LogP contribution >= 0.6 is 11.8 Å². The van der Waals surface area contributed by atoms with Gasteiger partial charge in [-0.15, -0.1) is 5.10 Å². The van der Waals surface area contributed by atoms with Crippen LogP contribution in [-0.4, -0.2) is 45.7 Å². The molecule has 0 aliphatic carbocycles. The molecule has 0 heterocycles. The van der Waals surface area contributed by atoms with E-state index in [9.17, 15) is 22.8 Å². The molecule has 0 radical (unpaired) electrons. The van der Waals surface area contributed by atoms with Gasteiger partial charge in [-0.25, -0.2) is 9.59 Å². The molecule has 0 aliphatic rings. The zero-order chi connectivity index (χ0) is 24.4. The average Bonchev–Trinajstić information content (AvgIpc) is 2.82. The molecule has 2 rings (SSSR count). The molecular weight excluding hydrogens is 470 g/mol. The Kier molecular flexibility index (Phi) is 9.18. The van der Waals surface area contributed by atoms with Crippen LogP contribution in [0, 0.1) is 6.92 Å². The van der Waals surface area contributed by atoms with E-state index in [0.717, 1.165) is 25.9 Å². The van der Waals surface area contributed by atoms with E-state index in [4.69, 9.17) is 0 Å². The molecule has 0 saturated carbocycles. The molecule has 2 N–H and O–H groups in total. The molecule has 0 fully saturated rings. The Labute approximate surface area is 195 Å². The van der Waals surface area contributed by atoms with Gasteiger partial charge in [0, 0.05) is 11.6 Å². The first kappa shape index (κ1) is 25.6. The number of benzene rings is 2. The Morgan fingerprint density at radius 2 is 1.61 bits per heavy atom. The molecule has 0 aromatic heterocycles. The lowest BCUT2D eigenvalue weighted by Crippen LogP contribution is -2.32. The summed E-state index contributed by atoms with van der Waals surface area (Å²) in [6.07, 6.45) is 0.829. The lowest BCUT2D eigenvalue weighted by molar-refractivity contribution is -0.137. The number of thioether (sulfide) groups is 1. The molecule has 0 bridgehead atoms. The fraction of sp³-hybridized carbons (Fsp3) is 0.143. The number of hydrogen-bond donors (Lipinski definition) is 2. The number of methoxy groups -OCH3 is 2. The second-order valence-electron chi connectivity index (χ2n) is 6.27. The summed E-state index contributed by atoms with van der Waals surface area (Å²) in [7, 11) is -1.89.